The van der Waals surface area contributed by atoms with Crippen LogP contribution in [0.1, 0.15) is 29.3 Å². The highest BCUT2D eigenvalue weighted by atomic mass is 15.0. The van der Waals surface area contributed by atoms with Crippen molar-refractivity contribution in [3.8, 4) is 16.8 Å². The van der Waals surface area contributed by atoms with Crippen molar-refractivity contribution in [2.75, 3.05) is 7.05 Å². The molecule has 3 heteroatoms. The predicted molar refractivity (Wildman–Crippen MR) is 173 cm³/mol. The summed E-state index contributed by atoms with van der Waals surface area (Å²) in [5.74, 6) is 0. The van der Waals surface area contributed by atoms with Crippen molar-refractivity contribution in [3.05, 3.63) is 161 Å². The molecule has 41 heavy (non-hydrogen) atoms. The Morgan fingerprint density at radius 1 is 0.732 bits per heavy atom. The number of aromatic nitrogens is 1. The van der Waals surface area contributed by atoms with E-state index in [1.165, 1.54) is 33.3 Å². The number of pyridine rings is 1. The van der Waals surface area contributed by atoms with E-state index >= 15 is 0 Å². The molecule has 0 saturated heterocycles. The van der Waals surface area contributed by atoms with Crippen LogP contribution < -0.4 is 5.36 Å². The van der Waals surface area contributed by atoms with Crippen LogP contribution in [0.4, 0.5) is 0 Å². The van der Waals surface area contributed by atoms with Gasteiger partial charge in [0.15, 0.2) is 0 Å². The van der Waals surface area contributed by atoms with E-state index < -0.39 is 0 Å². The predicted octanol–water partition coefficient (Wildman–Crippen LogP) is 8.67. The molecule has 0 atom stereocenters. The number of benzene rings is 5. The summed E-state index contributed by atoms with van der Waals surface area (Å²) in [5.41, 5.74) is 11.3. The van der Waals surface area contributed by atoms with Gasteiger partial charge in [-0.1, -0.05) is 103 Å². The molecule has 0 unspecified atom stereocenters. The molecule has 200 valence electrons. The Balaban J connectivity index is 1.51. The minimum atomic E-state index is 0.745. The van der Waals surface area contributed by atoms with Crippen LogP contribution in [0.15, 0.2) is 143 Å². The van der Waals surface area contributed by atoms with Crippen molar-refractivity contribution >= 4 is 22.3 Å². The van der Waals surface area contributed by atoms with Crippen LogP contribution in [0.3, 0.4) is 0 Å². The van der Waals surface area contributed by atoms with Gasteiger partial charge in [0.2, 0.25) is 0 Å². The standard InChI is InChI=1S/C38H33N3/c1-27(30-15-7-4-8-16-30)40-35(31-17-9-5-10-18-31)24-23-29-25-34-33-21-13-14-22-37(33)41(32-19-11-6-12-20-32)28(2)38(34)36(26-29)39-3/h4-22,24-26H,23H2,1-3H3/b35-24-,39-36?,40-27?. The first-order valence-electron chi connectivity index (χ1n) is 14.1. The second-order valence-corrected chi connectivity index (χ2v) is 10.3. The Kier molecular flexibility index (Phi) is 7.42. The number of hydrogen-bond donors (Lipinski definition) is 0. The number of rotatable bonds is 6. The van der Waals surface area contributed by atoms with Gasteiger partial charge < -0.3 is 4.57 Å². The molecule has 0 amide bonds. The third kappa shape index (κ3) is 5.27. The minimum Gasteiger partial charge on any atom is -0.313 e. The van der Waals surface area contributed by atoms with Gasteiger partial charge in [0.25, 0.3) is 0 Å². The van der Waals surface area contributed by atoms with E-state index in [4.69, 9.17) is 9.98 Å². The van der Waals surface area contributed by atoms with E-state index in [1.807, 2.05) is 19.2 Å². The summed E-state index contributed by atoms with van der Waals surface area (Å²) in [5, 5.41) is 2.22. The highest BCUT2D eigenvalue weighted by Crippen LogP contribution is 2.35. The maximum atomic E-state index is 5.10. The lowest BCUT2D eigenvalue weighted by Crippen LogP contribution is -2.16. The van der Waals surface area contributed by atoms with Gasteiger partial charge in [-0.05, 0) is 72.9 Å². The molecule has 0 spiro atoms. The zero-order valence-electron chi connectivity index (χ0n) is 23.8. The molecule has 4 aromatic carbocycles. The lowest BCUT2D eigenvalue weighted by atomic mass is 9.92. The third-order valence-corrected chi connectivity index (χ3v) is 7.65. The van der Waals surface area contributed by atoms with E-state index in [1.54, 1.807) is 0 Å². The number of allylic oxidation sites excluding steroid dienone is 1. The van der Waals surface area contributed by atoms with Gasteiger partial charge in [-0.25, -0.2) is 0 Å². The van der Waals surface area contributed by atoms with Crippen molar-refractivity contribution in [3.63, 3.8) is 0 Å². The number of fused-ring (bicyclic) bond motifs is 3. The average Bonchev–Trinajstić information content (AvgIpc) is 3.04. The number of para-hydroxylation sites is 2. The Labute approximate surface area is 241 Å². The van der Waals surface area contributed by atoms with Crippen molar-refractivity contribution in [2.45, 2.75) is 20.3 Å². The van der Waals surface area contributed by atoms with Crippen LogP contribution in [0.2, 0.25) is 0 Å². The lowest BCUT2D eigenvalue weighted by Gasteiger charge is -2.23. The molecule has 0 fully saturated rings. The topological polar surface area (TPSA) is 29.6 Å². The van der Waals surface area contributed by atoms with Crippen molar-refractivity contribution < 1.29 is 0 Å². The van der Waals surface area contributed by atoms with Crippen LogP contribution >= 0.6 is 0 Å². The fraction of sp³-hybridized carbons (Fsp3) is 0.105. The molecular formula is C38H33N3. The van der Waals surface area contributed by atoms with Crippen LogP contribution in [-0.4, -0.2) is 17.3 Å². The van der Waals surface area contributed by atoms with Crippen molar-refractivity contribution in [2.24, 2.45) is 9.98 Å². The fourth-order valence-corrected chi connectivity index (χ4v) is 5.65. The smallest absolute Gasteiger partial charge is 0.0669 e. The minimum absolute atomic E-state index is 0.745. The van der Waals surface area contributed by atoms with Gasteiger partial charge in [-0.15, -0.1) is 0 Å². The van der Waals surface area contributed by atoms with Gasteiger partial charge in [0.05, 0.1) is 16.6 Å². The van der Waals surface area contributed by atoms with Gasteiger partial charge in [0.1, 0.15) is 0 Å². The van der Waals surface area contributed by atoms with Crippen LogP contribution in [0.5, 0.6) is 0 Å². The summed E-state index contributed by atoms with van der Waals surface area (Å²) >= 11 is 0. The first-order valence-corrected chi connectivity index (χ1v) is 14.1. The fourth-order valence-electron chi connectivity index (χ4n) is 5.65. The molecule has 6 rings (SSSR count). The number of aliphatic imine (C=N–C) groups is 1. The zero-order valence-corrected chi connectivity index (χ0v) is 23.8. The van der Waals surface area contributed by atoms with Gasteiger partial charge in [-0.3, -0.25) is 9.98 Å². The Hall–Kier alpha value is -5.02. The maximum Gasteiger partial charge on any atom is 0.0669 e. The molecule has 0 bridgehead atoms. The van der Waals surface area contributed by atoms with Gasteiger partial charge in [0, 0.05) is 35.1 Å². The summed E-state index contributed by atoms with van der Waals surface area (Å²) in [4.78, 5) is 9.87. The molecule has 3 nitrogen and oxygen atoms in total. The first kappa shape index (κ1) is 26.2. The molecule has 4 aromatic rings. The van der Waals surface area contributed by atoms with E-state index in [2.05, 4.69) is 140 Å². The first-order chi connectivity index (χ1) is 20.1. The van der Waals surface area contributed by atoms with Crippen LogP contribution in [0, 0.1) is 6.92 Å². The summed E-state index contributed by atoms with van der Waals surface area (Å²) in [7, 11) is 1.89. The van der Waals surface area contributed by atoms with Crippen LogP contribution in [-0.2, 0) is 6.42 Å². The monoisotopic (exact) mass is 531 g/mol. The third-order valence-electron chi connectivity index (χ3n) is 7.65. The Bertz CT molecular complexity index is 1910. The molecule has 0 aromatic heterocycles. The number of hydrogen-bond acceptors (Lipinski definition) is 2. The molecule has 1 aliphatic carbocycles. The molecule has 1 aliphatic heterocycles. The average molecular weight is 532 g/mol. The van der Waals surface area contributed by atoms with E-state index in [0.29, 0.717) is 0 Å². The van der Waals surface area contributed by atoms with Gasteiger partial charge >= 0.3 is 0 Å². The second kappa shape index (κ2) is 11.6. The largest absolute Gasteiger partial charge is 0.313 e. The second-order valence-electron chi connectivity index (χ2n) is 10.3. The Morgan fingerprint density at radius 3 is 2.02 bits per heavy atom. The normalized spacial score (nSPS) is 12.8. The van der Waals surface area contributed by atoms with E-state index in [0.717, 1.165) is 40.0 Å². The van der Waals surface area contributed by atoms with Crippen molar-refractivity contribution in [1.82, 2.24) is 4.57 Å². The lowest BCUT2D eigenvalue weighted by molar-refractivity contribution is 1.02. The molecule has 0 radical (unpaired) electrons. The SMILES string of the molecule is CN=c1cc(C/C=C(\N=C(C)c2ccccc2)c2ccccc2)cc2c3ccccc3n(-c3ccccc3)c(C)c1-2. The maximum absolute atomic E-state index is 5.10. The van der Waals surface area contributed by atoms with Crippen LogP contribution in [0.25, 0.3) is 33.4 Å². The number of nitrogens with zero attached hydrogens (tertiary/aromatic N) is 3. The quantitative estimate of drug-likeness (QED) is 0.152. The zero-order chi connectivity index (χ0) is 28.2. The summed E-state index contributed by atoms with van der Waals surface area (Å²) in [6, 6.07) is 44.6. The highest BCUT2D eigenvalue weighted by molar-refractivity contribution is 6.02. The Morgan fingerprint density at radius 2 is 1.34 bits per heavy atom. The molecule has 0 N–H and O–H groups in total. The van der Waals surface area contributed by atoms with E-state index in [-0.39, 0.29) is 0 Å². The van der Waals surface area contributed by atoms with Crippen molar-refractivity contribution in [1.29, 1.82) is 0 Å². The summed E-state index contributed by atoms with van der Waals surface area (Å²) < 4.78 is 2.35. The molecule has 2 aliphatic rings. The summed E-state index contributed by atoms with van der Waals surface area (Å²) in [6.45, 7) is 4.28. The van der Waals surface area contributed by atoms with Gasteiger partial charge in [-0.2, -0.15) is 0 Å². The molecular weight excluding hydrogens is 498 g/mol. The highest BCUT2D eigenvalue weighted by Gasteiger charge is 2.18. The summed E-state index contributed by atoms with van der Waals surface area (Å²) in [6.07, 6.45) is 2.99. The van der Waals surface area contributed by atoms with E-state index in [9.17, 15) is 0 Å². The molecule has 0 saturated carbocycles. The molecule has 1 heterocycles.